The molecule has 1 aromatic rings. The summed E-state index contributed by atoms with van der Waals surface area (Å²) in [4.78, 5) is 17.7. The largest absolute Gasteiger partial charge is 0.512 e. The normalized spacial score (nSPS) is 14.9. The Morgan fingerprint density at radius 2 is 1.96 bits per heavy atom. The number of aryl methyl sites for hydroxylation is 1. The molecule has 0 aliphatic rings. The molecule has 0 amide bonds. The molecule has 25 heavy (non-hydrogen) atoms. The number of benzene rings is 1. The smallest absolute Gasteiger partial charge is 0.362 e. The third-order valence-electron chi connectivity index (χ3n) is 4.15. The van der Waals surface area contributed by atoms with E-state index in [0.29, 0.717) is 17.4 Å². The van der Waals surface area contributed by atoms with Gasteiger partial charge in [-0.1, -0.05) is 31.6 Å². The molecule has 1 unspecified atom stereocenters. The molecular formula is C19H29O5P. The van der Waals surface area contributed by atoms with E-state index in [4.69, 9.17) is 14.5 Å². The topological polar surface area (TPSA) is 87.0 Å². The highest BCUT2D eigenvalue weighted by atomic mass is 31.2. The van der Waals surface area contributed by atoms with Gasteiger partial charge in [-0.3, -0.25) is 4.57 Å². The van der Waals surface area contributed by atoms with E-state index in [1.54, 1.807) is 19.1 Å². The van der Waals surface area contributed by atoms with Crippen molar-refractivity contribution in [3.8, 4) is 5.75 Å². The van der Waals surface area contributed by atoms with Crippen molar-refractivity contribution >= 4 is 7.60 Å². The molecule has 5 nitrogen and oxygen atoms in total. The first-order valence-corrected chi connectivity index (χ1v) is 10.2. The Balaban J connectivity index is 2.91. The lowest BCUT2D eigenvalue weighted by molar-refractivity contribution is 0.300. The van der Waals surface area contributed by atoms with E-state index < -0.39 is 13.9 Å². The van der Waals surface area contributed by atoms with Crippen LogP contribution < -0.4 is 4.74 Å². The minimum atomic E-state index is -4.18. The standard InChI is InChI=1S/C19H29O5P/c1-6-14(3)19(16(5)20)10-13(2)9-17-7-8-18(11-15(17)4)24-12-25(21,22)23/h7-8,10-11,14,20H,6,9,12H2,1-5H3,(H2,21,22,23)/b13-10+,19-16-. The lowest BCUT2D eigenvalue weighted by atomic mass is 9.93. The maximum Gasteiger partial charge on any atom is 0.362 e. The van der Waals surface area contributed by atoms with Crippen LogP contribution in [0.1, 0.15) is 45.2 Å². The Hall–Kier alpha value is -1.55. The Morgan fingerprint density at radius 3 is 2.44 bits per heavy atom. The van der Waals surface area contributed by atoms with Crippen LogP contribution in [0.3, 0.4) is 0 Å². The second kappa shape index (κ2) is 9.23. The van der Waals surface area contributed by atoms with Crippen molar-refractivity contribution in [2.75, 3.05) is 6.35 Å². The first-order chi connectivity index (χ1) is 11.5. The average molecular weight is 368 g/mol. The second-order valence-electron chi connectivity index (χ2n) is 6.54. The maximum atomic E-state index is 10.9. The van der Waals surface area contributed by atoms with Gasteiger partial charge in [0.15, 0.2) is 6.35 Å². The predicted molar refractivity (Wildman–Crippen MR) is 101 cm³/mol. The lowest BCUT2D eigenvalue weighted by Crippen LogP contribution is -2.01. The molecule has 3 N–H and O–H groups in total. The molecule has 140 valence electrons. The molecule has 0 radical (unpaired) electrons. The number of aliphatic hydroxyl groups is 1. The summed E-state index contributed by atoms with van der Waals surface area (Å²) in [6.45, 7) is 9.87. The summed E-state index contributed by atoms with van der Waals surface area (Å²) in [6.07, 6.45) is 3.12. The van der Waals surface area contributed by atoms with Crippen molar-refractivity contribution < 1.29 is 24.2 Å². The van der Waals surface area contributed by atoms with Gasteiger partial charge in [-0.15, -0.1) is 0 Å². The van der Waals surface area contributed by atoms with Gasteiger partial charge in [-0.05, 0) is 68.4 Å². The van der Waals surface area contributed by atoms with E-state index >= 15 is 0 Å². The SMILES string of the molecule is CCC(C)C(/C=C(\C)Cc1ccc(OCP(=O)(O)O)cc1C)=C(/C)O. The zero-order chi connectivity index (χ0) is 19.2. The van der Waals surface area contributed by atoms with Crippen LogP contribution in [0, 0.1) is 12.8 Å². The molecule has 6 heteroatoms. The van der Waals surface area contributed by atoms with E-state index in [0.717, 1.165) is 35.1 Å². The number of hydrogen-bond donors (Lipinski definition) is 3. The van der Waals surface area contributed by atoms with Gasteiger partial charge in [-0.25, -0.2) is 0 Å². The van der Waals surface area contributed by atoms with Crippen molar-refractivity contribution in [2.24, 2.45) is 5.92 Å². The summed E-state index contributed by atoms with van der Waals surface area (Å²) in [5.74, 6) is 1.09. The number of ether oxygens (including phenoxy) is 1. The number of allylic oxidation sites excluding steroid dienone is 4. The predicted octanol–water partition coefficient (Wildman–Crippen LogP) is 4.88. The van der Waals surface area contributed by atoms with E-state index in [-0.39, 0.29) is 0 Å². The van der Waals surface area contributed by atoms with Gasteiger partial charge in [0.2, 0.25) is 0 Å². The molecule has 0 aliphatic heterocycles. The Morgan fingerprint density at radius 1 is 1.32 bits per heavy atom. The van der Waals surface area contributed by atoms with E-state index in [1.807, 2.05) is 26.0 Å². The summed E-state index contributed by atoms with van der Waals surface area (Å²) in [5, 5.41) is 9.90. The molecule has 0 bridgehead atoms. The number of rotatable bonds is 8. The van der Waals surface area contributed by atoms with Crippen molar-refractivity contribution in [1.29, 1.82) is 0 Å². The van der Waals surface area contributed by atoms with Gasteiger partial charge in [0, 0.05) is 0 Å². The fourth-order valence-electron chi connectivity index (χ4n) is 2.56. The van der Waals surface area contributed by atoms with Gasteiger partial charge in [0.25, 0.3) is 0 Å². The molecule has 0 saturated carbocycles. The van der Waals surface area contributed by atoms with Crippen LogP contribution >= 0.6 is 7.60 Å². The third kappa shape index (κ3) is 7.47. The summed E-state index contributed by atoms with van der Waals surface area (Å²) in [6, 6.07) is 5.40. The minimum absolute atomic E-state index is 0.296. The monoisotopic (exact) mass is 368 g/mol. The fraction of sp³-hybridized carbons (Fsp3) is 0.474. The number of aliphatic hydroxyl groups excluding tert-OH is 1. The Bertz CT molecular complexity index is 696. The van der Waals surface area contributed by atoms with Crippen LogP contribution in [0.15, 0.2) is 41.2 Å². The zero-order valence-corrected chi connectivity index (χ0v) is 16.5. The second-order valence-corrected chi connectivity index (χ2v) is 8.13. The van der Waals surface area contributed by atoms with Crippen LogP contribution in [0.25, 0.3) is 0 Å². The van der Waals surface area contributed by atoms with E-state index in [9.17, 15) is 9.67 Å². The molecule has 0 heterocycles. The molecule has 1 rings (SSSR count). The minimum Gasteiger partial charge on any atom is -0.512 e. The van der Waals surface area contributed by atoms with Crippen molar-refractivity contribution in [3.05, 3.63) is 52.3 Å². The highest BCUT2D eigenvalue weighted by Gasteiger charge is 2.14. The average Bonchev–Trinajstić information content (AvgIpc) is 2.51. The summed E-state index contributed by atoms with van der Waals surface area (Å²) < 4.78 is 16.0. The molecule has 1 atom stereocenters. The summed E-state index contributed by atoms with van der Waals surface area (Å²) in [5.41, 5.74) is 4.19. The van der Waals surface area contributed by atoms with Crippen LogP contribution in [-0.2, 0) is 11.0 Å². The van der Waals surface area contributed by atoms with Crippen molar-refractivity contribution in [1.82, 2.24) is 0 Å². The summed E-state index contributed by atoms with van der Waals surface area (Å²) >= 11 is 0. The van der Waals surface area contributed by atoms with Gasteiger partial charge in [-0.2, -0.15) is 0 Å². The van der Waals surface area contributed by atoms with Gasteiger partial charge >= 0.3 is 7.60 Å². The molecule has 0 saturated heterocycles. The molecule has 0 aromatic heterocycles. The summed E-state index contributed by atoms with van der Waals surface area (Å²) in [7, 11) is -4.18. The van der Waals surface area contributed by atoms with Crippen molar-refractivity contribution in [3.63, 3.8) is 0 Å². The van der Waals surface area contributed by atoms with Gasteiger partial charge in [0.1, 0.15) is 5.75 Å². The molecule has 0 spiro atoms. The van der Waals surface area contributed by atoms with E-state index in [2.05, 4.69) is 13.8 Å². The van der Waals surface area contributed by atoms with Crippen LogP contribution in [0.5, 0.6) is 5.75 Å². The Kier molecular flexibility index (Phi) is 7.94. The first-order valence-electron chi connectivity index (χ1n) is 8.37. The lowest BCUT2D eigenvalue weighted by Gasteiger charge is -2.14. The van der Waals surface area contributed by atoms with Gasteiger partial charge < -0.3 is 19.6 Å². The maximum absolute atomic E-state index is 10.9. The quantitative estimate of drug-likeness (QED) is 0.346. The zero-order valence-electron chi connectivity index (χ0n) is 15.6. The Labute approximate surface area is 150 Å². The molecule has 0 fully saturated rings. The molecular weight excluding hydrogens is 339 g/mol. The van der Waals surface area contributed by atoms with Crippen molar-refractivity contribution in [2.45, 2.75) is 47.5 Å². The highest BCUT2D eigenvalue weighted by Crippen LogP contribution is 2.34. The first kappa shape index (κ1) is 21.5. The highest BCUT2D eigenvalue weighted by molar-refractivity contribution is 7.51. The fourth-order valence-corrected chi connectivity index (χ4v) is 2.87. The molecule has 0 aliphatic carbocycles. The van der Waals surface area contributed by atoms with Crippen LogP contribution in [0.4, 0.5) is 0 Å². The van der Waals surface area contributed by atoms with E-state index in [1.165, 1.54) is 0 Å². The van der Waals surface area contributed by atoms with Crippen LogP contribution in [0.2, 0.25) is 0 Å². The third-order valence-corrected chi connectivity index (χ3v) is 4.61. The van der Waals surface area contributed by atoms with Gasteiger partial charge in [0.05, 0.1) is 5.76 Å². The van der Waals surface area contributed by atoms with Crippen LogP contribution in [-0.4, -0.2) is 21.2 Å². The number of hydrogen-bond acceptors (Lipinski definition) is 3. The molecule has 1 aromatic carbocycles.